The van der Waals surface area contributed by atoms with Gasteiger partial charge in [0.2, 0.25) is 0 Å². The fourth-order valence-corrected chi connectivity index (χ4v) is 2.58. The Labute approximate surface area is 155 Å². The Hall–Kier alpha value is -3.07. The summed E-state index contributed by atoms with van der Waals surface area (Å²) in [5, 5.41) is 11.4. The van der Waals surface area contributed by atoms with Crippen molar-refractivity contribution in [3.8, 4) is 11.4 Å². The van der Waals surface area contributed by atoms with E-state index in [4.69, 9.17) is 5.11 Å². The number of pyridine rings is 1. The van der Waals surface area contributed by atoms with E-state index in [0.29, 0.717) is 17.0 Å². The molecule has 8 nitrogen and oxygen atoms in total. The number of hydrogen-bond donors (Lipinski definition) is 3. The normalized spacial score (nSPS) is 11.9. The van der Waals surface area contributed by atoms with Gasteiger partial charge < -0.3 is 10.1 Å². The Morgan fingerprint density at radius 3 is 2.74 bits per heavy atom. The highest BCUT2D eigenvalue weighted by Crippen LogP contribution is 2.27. The Balaban J connectivity index is 2.01. The van der Waals surface area contributed by atoms with Crippen molar-refractivity contribution in [3.05, 3.63) is 36.0 Å². The molecular weight excluding hydrogens is 351 g/mol. The van der Waals surface area contributed by atoms with Gasteiger partial charge in [0, 0.05) is 28.9 Å². The molecule has 0 amide bonds. The van der Waals surface area contributed by atoms with Gasteiger partial charge in [-0.3, -0.25) is 10.2 Å². The third kappa shape index (κ3) is 4.03. The number of carboxylic acids is 1. The van der Waals surface area contributed by atoms with Gasteiger partial charge in [-0.2, -0.15) is 0 Å². The average molecular weight is 372 g/mol. The second-order valence-electron chi connectivity index (χ2n) is 7.26. The molecule has 3 aromatic heterocycles. The fraction of sp³-hybridized carbons (Fsp3) is 0.333. The number of hydrogen-bond acceptors (Lipinski definition) is 6. The smallest absolute Gasteiger partial charge is 0.319 e. The summed E-state index contributed by atoms with van der Waals surface area (Å²) in [6.07, 6.45) is 4.52. The molecule has 0 radical (unpaired) electrons. The monoisotopic (exact) mass is 372 g/mol. The van der Waals surface area contributed by atoms with Crippen LogP contribution in [0.2, 0.25) is 0 Å². The fourth-order valence-electron chi connectivity index (χ4n) is 2.58. The van der Waals surface area contributed by atoms with E-state index in [1.807, 2.05) is 33.8 Å². The van der Waals surface area contributed by atoms with Crippen LogP contribution in [0.5, 0.6) is 0 Å². The van der Waals surface area contributed by atoms with E-state index in [9.17, 15) is 9.18 Å². The predicted molar refractivity (Wildman–Crippen MR) is 99.5 cm³/mol. The van der Waals surface area contributed by atoms with Gasteiger partial charge in [0.25, 0.3) is 0 Å². The van der Waals surface area contributed by atoms with Crippen LogP contribution in [-0.4, -0.2) is 48.1 Å². The van der Waals surface area contributed by atoms with Crippen LogP contribution < -0.4 is 5.43 Å². The summed E-state index contributed by atoms with van der Waals surface area (Å²) in [5.74, 6) is -1.49. The lowest BCUT2D eigenvalue weighted by Gasteiger charge is -2.34. The summed E-state index contributed by atoms with van der Waals surface area (Å²) >= 11 is 0. The van der Waals surface area contributed by atoms with Gasteiger partial charge in [0.1, 0.15) is 12.2 Å². The van der Waals surface area contributed by atoms with Gasteiger partial charge in [0.15, 0.2) is 17.5 Å². The Morgan fingerprint density at radius 2 is 2.07 bits per heavy atom. The van der Waals surface area contributed by atoms with Crippen molar-refractivity contribution >= 4 is 22.8 Å². The molecule has 0 fully saturated rings. The molecule has 3 rings (SSSR count). The number of carbonyl (C=O) groups is 1. The lowest BCUT2D eigenvalue weighted by molar-refractivity contribution is -0.139. The summed E-state index contributed by atoms with van der Waals surface area (Å²) in [6, 6.07) is 1.94. The first-order valence-electron chi connectivity index (χ1n) is 8.38. The maximum Gasteiger partial charge on any atom is 0.319 e. The summed E-state index contributed by atoms with van der Waals surface area (Å²) in [5.41, 5.74) is 4.55. The number of nitrogens with zero attached hydrogens (tertiary/aromatic N) is 4. The number of anilines is 1. The Morgan fingerprint density at radius 1 is 1.33 bits per heavy atom. The number of rotatable bonds is 5. The molecule has 142 valence electrons. The van der Waals surface area contributed by atoms with Crippen LogP contribution in [0.3, 0.4) is 0 Å². The lowest BCUT2D eigenvalue weighted by atomic mass is 10.1. The maximum absolute atomic E-state index is 14.3. The van der Waals surface area contributed by atoms with Gasteiger partial charge in [-0.15, -0.1) is 0 Å². The summed E-state index contributed by atoms with van der Waals surface area (Å²) < 4.78 is 14.3. The standard InChI is InChI=1S/C18H21FN6O2/c1-10-5-11-12(7-21-15(11)20-6-10)16-22-8-13(19)17(23-16)24-25(9-14(26)27)18(2,3)4/h5-8H,9H2,1-4H3,(H,20,21)(H,26,27)(H,22,23,24). The van der Waals surface area contributed by atoms with Crippen molar-refractivity contribution in [2.24, 2.45) is 0 Å². The van der Waals surface area contributed by atoms with E-state index < -0.39 is 17.3 Å². The van der Waals surface area contributed by atoms with E-state index in [2.05, 4.69) is 25.4 Å². The van der Waals surface area contributed by atoms with Crippen molar-refractivity contribution < 1.29 is 14.3 Å². The number of aromatic nitrogens is 4. The molecule has 0 spiro atoms. The molecule has 0 aromatic carbocycles. The highest BCUT2D eigenvalue weighted by molar-refractivity contribution is 5.92. The van der Waals surface area contributed by atoms with Crippen LogP contribution in [0.25, 0.3) is 22.4 Å². The first-order chi connectivity index (χ1) is 12.6. The van der Waals surface area contributed by atoms with Crippen molar-refractivity contribution in [2.45, 2.75) is 33.2 Å². The number of aliphatic carboxylic acids is 1. The molecule has 0 aliphatic carbocycles. The molecule has 0 saturated heterocycles. The van der Waals surface area contributed by atoms with Gasteiger partial charge in [-0.25, -0.2) is 24.4 Å². The molecule has 0 saturated carbocycles. The van der Waals surface area contributed by atoms with Crippen molar-refractivity contribution in [2.75, 3.05) is 12.0 Å². The van der Waals surface area contributed by atoms with Gasteiger partial charge in [-0.05, 0) is 39.3 Å². The minimum absolute atomic E-state index is 0.0915. The molecule has 3 N–H and O–H groups in total. The first kappa shape index (κ1) is 18.7. The largest absolute Gasteiger partial charge is 0.480 e. The minimum atomic E-state index is -1.04. The minimum Gasteiger partial charge on any atom is -0.480 e. The molecular formula is C18H21FN6O2. The van der Waals surface area contributed by atoms with E-state index in [0.717, 1.165) is 17.1 Å². The van der Waals surface area contributed by atoms with Crippen LogP contribution in [0.4, 0.5) is 10.2 Å². The quantitative estimate of drug-likeness (QED) is 0.591. The number of halogens is 1. The molecule has 0 unspecified atom stereocenters. The number of aryl methyl sites for hydroxylation is 1. The lowest BCUT2D eigenvalue weighted by Crippen LogP contribution is -2.48. The second-order valence-corrected chi connectivity index (χ2v) is 7.26. The van der Waals surface area contributed by atoms with Gasteiger partial charge in [-0.1, -0.05) is 0 Å². The number of hydrazine groups is 1. The van der Waals surface area contributed by atoms with E-state index in [1.54, 1.807) is 12.4 Å². The van der Waals surface area contributed by atoms with Crippen LogP contribution in [0.15, 0.2) is 24.7 Å². The maximum atomic E-state index is 14.3. The third-order valence-electron chi connectivity index (χ3n) is 4.00. The number of H-pyrrole nitrogens is 1. The topological polar surface area (TPSA) is 107 Å². The zero-order valence-corrected chi connectivity index (χ0v) is 15.5. The number of nitrogens with one attached hydrogen (secondary N) is 2. The van der Waals surface area contributed by atoms with E-state index in [1.165, 1.54) is 5.01 Å². The molecule has 3 aromatic rings. The van der Waals surface area contributed by atoms with E-state index >= 15 is 0 Å². The summed E-state index contributed by atoms with van der Waals surface area (Å²) in [7, 11) is 0. The van der Waals surface area contributed by atoms with E-state index in [-0.39, 0.29) is 12.4 Å². The summed E-state index contributed by atoms with van der Waals surface area (Å²) in [4.78, 5) is 26.9. The van der Waals surface area contributed by atoms with Crippen LogP contribution in [0.1, 0.15) is 26.3 Å². The molecule has 0 aliphatic heterocycles. The molecule has 0 aliphatic rings. The zero-order valence-electron chi connectivity index (χ0n) is 15.5. The number of fused-ring (bicyclic) bond motifs is 1. The SMILES string of the molecule is Cc1cnc2[nH]cc(-c3ncc(F)c(NN(CC(=O)O)C(C)(C)C)n3)c2c1. The number of carboxylic acid groups (broad SMARTS) is 1. The predicted octanol–water partition coefficient (Wildman–Crippen LogP) is 2.98. The number of aromatic amines is 1. The Bertz CT molecular complexity index is 995. The molecule has 9 heteroatoms. The van der Waals surface area contributed by atoms with Crippen LogP contribution in [0, 0.1) is 12.7 Å². The van der Waals surface area contributed by atoms with Crippen molar-refractivity contribution in [3.63, 3.8) is 0 Å². The molecule has 3 heterocycles. The van der Waals surface area contributed by atoms with Gasteiger partial charge >= 0.3 is 5.97 Å². The Kier molecular flexibility index (Phi) is 4.79. The molecule has 27 heavy (non-hydrogen) atoms. The van der Waals surface area contributed by atoms with Gasteiger partial charge in [0.05, 0.1) is 6.20 Å². The van der Waals surface area contributed by atoms with Crippen LogP contribution in [-0.2, 0) is 4.79 Å². The average Bonchev–Trinajstić information content (AvgIpc) is 2.98. The van der Waals surface area contributed by atoms with Crippen molar-refractivity contribution in [1.82, 2.24) is 24.9 Å². The first-order valence-corrected chi connectivity index (χ1v) is 8.38. The van der Waals surface area contributed by atoms with Crippen LogP contribution >= 0.6 is 0 Å². The summed E-state index contributed by atoms with van der Waals surface area (Å²) in [6.45, 7) is 7.05. The zero-order chi connectivity index (χ0) is 19.8. The highest BCUT2D eigenvalue weighted by atomic mass is 19.1. The second kappa shape index (κ2) is 6.92. The van der Waals surface area contributed by atoms with Crippen molar-refractivity contribution in [1.29, 1.82) is 0 Å². The molecule has 0 bridgehead atoms. The highest BCUT2D eigenvalue weighted by Gasteiger charge is 2.25. The third-order valence-corrected chi connectivity index (χ3v) is 4.00. The molecule has 0 atom stereocenters.